The van der Waals surface area contributed by atoms with Crippen molar-refractivity contribution < 1.29 is 4.74 Å². The van der Waals surface area contributed by atoms with E-state index in [1.807, 2.05) is 10.5 Å². The van der Waals surface area contributed by atoms with Crippen LogP contribution in [0.4, 0.5) is 5.69 Å². The highest BCUT2D eigenvalue weighted by molar-refractivity contribution is 5.51. The summed E-state index contributed by atoms with van der Waals surface area (Å²) < 4.78 is 6.90. The molecule has 0 aliphatic heterocycles. The van der Waals surface area contributed by atoms with E-state index >= 15 is 0 Å². The average molecular weight is 187 g/mol. The second-order valence-corrected chi connectivity index (χ2v) is 2.91. The molecule has 0 atom stereocenters. The quantitative estimate of drug-likeness (QED) is 0.673. The number of nitrogens with zero attached hydrogens (tertiary/aromatic N) is 3. The van der Waals surface area contributed by atoms with Gasteiger partial charge < -0.3 is 9.14 Å². The van der Waals surface area contributed by atoms with E-state index in [1.54, 1.807) is 25.6 Å². The Balaban J connectivity index is 2.59. The molecule has 2 aromatic rings. The van der Waals surface area contributed by atoms with Crippen molar-refractivity contribution in [2.24, 2.45) is 0 Å². The fourth-order valence-electron chi connectivity index (χ4n) is 1.34. The summed E-state index contributed by atoms with van der Waals surface area (Å²) in [5.41, 5.74) is 2.39. The lowest BCUT2D eigenvalue weighted by Crippen LogP contribution is -1.93. The third-order valence-corrected chi connectivity index (χ3v) is 1.99. The summed E-state index contributed by atoms with van der Waals surface area (Å²) in [6.45, 7) is 7.41. The van der Waals surface area contributed by atoms with Crippen LogP contribution in [0.5, 0.6) is 0 Å². The van der Waals surface area contributed by atoms with Gasteiger partial charge in [0.15, 0.2) is 0 Å². The lowest BCUT2D eigenvalue weighted by molar-refractivity contribution is 0.181. The van der Waals surface area contributed by atoms with Crippen molar-refractivity contribution in [3.05, 3.63) is 41.6 Å². The van der Waals surface area contributed by atoms with Crippen LogP contribution in [-0.2, 0) is 11.3 Å². The first-order valence-corrected chi connectivity index (χ1v) is 4.17. The summed E-state index contributed by atoms with van der Waals surface area (Å²) in [6, 6.07) is 3.58. The lowest BCUT2D eigenvalue weighted by atomic mass is 10.4. The Morgan fingerprint density at radius 3 is 3.14 bits per heavy atom. The van der Waals surface area contributed by atoms with Crippen LogP contribution >= 0.6 is 0 Å². The summed E-state index contributed by atoms with van der Waals surface area (Å²) >= 11 is 0. The minimum absolute atomic E-state index is 0.503. The standard InChI is InChI=1S/C10H9N3O/c1-11-8-3-4-10-12-5-9(7-14-2)13(10)6-8/h3-6H,7H2,2H3. The van der Waals surface area contributed by atoms with Gasteiger partial charge in [-0.1, -0.05) is 6.07 Å². The third kappa shape index (κ3) is 1.34. The SMILES string of the molecule is [C-]#[N+]c1ccc2ncc(COC)n2c1. The van der Waals surface area contributed by atoms with Gasteiger partial charge in [-0.2, -0.15) is 0 Å². The molecule has 0 amide bonds. The van der Waals surface area contributed by atoms with Crippen LogP contribution in [0.15, 0.2) is 24.5 Å². The molecule has 2 aromatic heterocycles. The molecule has 2 rings (SSSR count). The maximum absolute atomic E-state index is 6.90. The molecule has 0 bridgehead atoms. The highest BCUT2D eigenvalue weighted by Gasteiger charge is 2.02. The van der Waals surface area contributed by atoms with Crippen molar-refractivity contribution in [1.29, 1.82) is 0 Å². The molecule has 0 aliphatic carbocycles. The molecule has 0 saturated carbocycles. The zero-order valence-corrected chi connectivity index (χ0v) is 7.77. The summed E-state index contributed by atoms with van der Waals surface area (Å²) in [6.07, 6.45) is 3.52. The molecule has 0 aliphatic rings. The molecule has 0 fully saturated rings. The highest BCUT2D eigenvalue weighted by Crippen LogP contribution is 2.15. The number of hydrogen-bond acceptors (Lipinski definition) is 2. The van der Waals surface area contributed by atoms with Gasteiger partial charge in [-0.15, -0.1) is 0 Å². The van der Waals surface area contributed by atoms with Crippen molar-refractivity contribution in [3.8, 4) is 0 Å². The molecule has 0 saturated heterocycles. The predicted molar refractivity (Wildman–Crippen MR) is 52.2 cm³/mol. The Bertz CT molecular complexity index is 496. The van der Waals surface area contributed by atoms with E-state index in [9.17, 15) is 0 Å². The second kappa shape index (κ2) is 3.48. The Kier molecular flexibility index (Phi) is 2.17. The zero-order valence-electron chi connectivity index (χ0n) is 7.77. The Labute approximate surface area is 81.6 Å². The van der Waals surface area contributed by atoms with Gasteiger partial charge in [0.2, 0.25) is 5.69 Å². The minimum Gasteiger partial charge on any atom is -0.378 e. The number of pyridine rings is 1. The molecule has 0 radical (unpaired) electrons. The highest BCUT2D eigenvalue weighted by atomic mass is 16.5. The van der Waals surface area contributed by atoms with Crippen LogP contribution in [0.2, 0.25) is 0 Å². The van der Waals surface area contributed by atoms with Gasteiger partial charge >= 0.3 is 0 Å². The molecule has 0 unspecified atom stereocenters. The Morgan fingerprint density at radius 2 is 2.43 bits per heavy atom. The van der Waals surface area contributed by atoms with Gasteiger partial charge in [0.05, 0.1) is 25.1 Å². The number of methoxy groups -OCH3 is 1. The fraction of sp³-hybridized carbons (Fsp3) is 0.200. The van der Waals surface area contributed by atoms with Crippen LogP contribution < -0.4 is 0 Å². The number of hydrogen-bond donors (Lipinski definition) is 0. The Morgan fingerprint density at radius 1 is 1.57 bits per heavy atom. The number of ether oxygens (including phenoxy) is 1. The smallest absolute Gasteiger partial charge is 0.203 e. The maximum atomic E-state index is 6.90. The zero-order chi connectivity index (χ0) is 9.97. The van der Waals surface area contributed by atoms with E-state index < -0.39 is 0 Å². The number of aromatic nitrogens is 2. The molecule has 4 nitrogen and oxygen atoms in total. The van der Waals surface area contributed by atoms with E-state index in [0.29, 0.717) is 12.3 Å². The van der Waals surface area contributed by atoms with Crippen LogP contribution in [-0.4, -0.2) is 16.5 Å². The van der Waals surface area contributed by atoms with Crippen LogP contribution in [0.1, 0.15) is 5.69 Å². The molecule has 0 N–H and O–H groups in total. The predicted octanol–water partition coefficient (Wildman–Crippen LogP) is 2.03. The first-order chi connectivity index (χ1) is 6.85. The molecule has 0 spiro atoms. The van der Waals surface area contributed by atoms with E-state index in [2.05, 4.69) is 9.83 Å². The van der Waals surface area contributed by atoms with Gasteiger partial charge in [0.25, 0.3) is 0 Å². The van der Waals surface area contributed by atoms with Gasteiger partial charge in [0, 0.05) is 13.3 Å². The minimum atomic E-state index is 0.503. The summed E-state index contributed by atoms with van der Waals surface area (Å²) in [5, 5.41) is 0. The molecule has 4 heteroatoms. The normalized spacial score (nSPS) is 10.3. The van der Waals surface area contributed by atoms with E-state index in [0.717, 1.165) is 11.3 Å². The van der Waals surface area contributed by atoms with E-state index in [1.165, 1.54) is 0 Å². The molecular weight excluding hydrogens is 178 g/mol. The van der Waals surface area contributed by atoms with E-state index in [-0.39, 0.29) is 0 Å². The second-order valence-electron chi connectivity index (χ2n) is 2.91. The third-order valence-electron chi connectivity index (χ3n) is 1.99. The largest absolute Gasteiger partial charge is 0.378 e. The van der Waals surface area contributed by atoms with Crippen molar-refractivity contribution in [3.63, 3.8) is 0 Å². The maximum Gasteiger partial charge on any atom is 0.203 e. The summed E-state index contributed by atoms with van der Waals surface area (Å²) in [5.74, 6) is 0. The van der Waals surface area contributed by atoms with Crippen molar-refractivity contribution in [2.75, 3.05) is 7.11 Å². The first-order valence-electron chi connectivity index (χ1n) is 4.17. The number of fused-ring (bicyclic) bond motifs is 1. The van der Waals surface area contributed by atoms with Crippen LogP contribution in [0, 0.1) is 6.57 Å². The average Bonchev–Trinajstić information content (AvgIpc) is 2.61. The van der Waals surface area contributed by atoms with Gasteiger partial charge in [0.1, 0.15) is 5.65 Å². The molecule has 70 valence electrons. The van der Waals surface area contributed by atoms with Crippen molar-refractivity contribution >= 4 is 11.3 Å². The molecule has 2 heterocycles. The van der Waals surface area contributed by atoms with Gasteiger partial charge in [-0.05, 0) is 6.07 Å². The van der Waals surface area contributed by atoms with Gasteiger partial charge in [-0.3, -0.25) is 0 Å². The molecule has 14 heavy (non-hydrogen) atoms. The fourth-order valence-corrected chi connectivity index (χ4v) is 1.34. The van der Waals surface area contributed by atoms with Crippen molar-refractivity contribution in [2.45, 2.75) is 6.61 Å². The topological polar surface area (TPSA) is 30.9 Å². The summed E-state index contributed by atoms with van der Waals surface area (Å²) in [7, 11) is 1.64. The van der Waals surface area contributed by atoms with E-state index in [4.69, 9.17) is 11.3 Å². The van der Waals surface area contributed by atoms with Crippen LogP contribution in [0.3, 0.4) is 0 Å². The number of rotatable bonds is 2. The molecular formula is C10H9N3O. The number of imidazole rings is 1. The summed E-state index contributed by atoms with van der Waals surface area (Å²) in [4.78, 5) is 7.55. The monoisotopic (exact) mass is 187 g/mol. The van der Waals surface area contributed by atoms with Crippen molar-refractivity contribution in [1.82, 2.24) is 9.38 Å². The Hall–Kier alpha value is -1.86. The lowest BCUT2D eigenvalue weighted by Gasteiger charge is -2.00. The molecule has 0 aromatic carbocycles. The first kappa shape index (κ1) is 8.73. The van der Waals surface area contributed by atoms with Crippen LogP contribution in [0.25, 0.3) is 10.5 Å². The van der Waals surface area contributed by atoms with Gasteiger partial charge in [-0.25, -0.2) is 9.83 Å².